The van der Waals surface area contributed by atoms with Gasteiger partial charge in [0.2, 0.25) is 0 Å². The summed E-state index contributed by atoms with van der Waals surface area (Å²) in [5, 5.41) is 16.3. The first-order chi connectivity index (χ1) is 8.38. The van der Waals surface area contributed by atoms with Gasteiger partial charge in [0.15, 0.2) is 5.03 Å². The van der Waals surface area contributed by atoms with Crippen molar-refractivity contribution in [3.63, 3.8) is 0 Å². The molecule has 0 saturated carbocycles. The van der Waals surface area contributed by atoms with Crippen LogP contribution in [0.3, 0.4) is 0 Å². The molecule has 5 nitrogen and oxygen atoms in total. The van der Waals surface area contributed by atoms with Gasteiger partial charge < -0.3 is 0 Å². The second kappa shape index (κ2) is 6.43. The minimum atomic E-state index is -0.335. The van der Waals surface area contributed by atoms with E-state index in [4.69, 9.17) is 11.6 Å². The van der Waals surface area contributed by atoms with Crippen molar-refractivity contribution in [2.24, 2.45) is 7.05 Å². The maximum absolute atomic E-state index is 11.2. The molecule has 0 aliphatic carbocycles. The molecule has 1 atom stereocenters. The van der Waals surface area contributed by atoms with E-state index < -0.39 is 0 Å². The number of aromatic nitrogens is 2. The number of alkyl halides is 1. The highest BCUT2D eigenvalue weighted by atomic mass is 35.5. The van der Waals surface area contributed by atoms with Gasteiger partial charge in [-0.3, -0.25) is 14.8 Å². The quantitative estimate of drug-likeness (QED) is 0.348. The average Bonchev–Trinajstić information content (AvgIpc) is 2.57. The minimum absolute atomic E-state index is 0.0364. The Kier molecular flexibility index (Phi) is 5.47. The van der Waals surface area contributed by atoms with Gasteiger partial charge in [0, 0.05) is 24.1 Å². The van der Waals surface area contributed by atoms with Gasteiger partial charge in [-0.2, -0.15) is 5.10 Å². The van der Waals surface area contributed by atoms with Crippen molar-refractivity contribution in [1.82, 2.24) is 9.78 Å². The van der Waals surface area contributed by atoms with Crippen LogP contribution in [-0.2, 0) is 7.05 Å². The first kappa shape index (κ1) is 15.3. The molecule has 1 rings (SSSR count). The van der Waals surface area contributed by atoms with Crippen LogP contribution in [0.25, 0.3) is 0 Å². The van der Waals surface area contributed by atoms with E-state index >= 15 is 0 Å². The molecule has 0 bridgehead atoms. The van der Waals surface area contributed by atoms with Crippen molar-refractivity contribution in [3.8, 4) is 0 Å². The van der Waals surface area contributed by atoms with Crippen molar-refractivity contribution in [2.45, 2.75) is 43.4 Å². The Labute approximate surface area is 116 Å². The fourth-order valence-corrected chi connectivity index (χ4v) is 3.17. The average molecular weight is 292 g/mol. The molecule has 18 heavy (non-hydrogen) atoms. The molecule has 102 valence electrons. The zero-order valence-electron chi connectivity index (χ0n) is 11.0. The number of hydrogen-bond donors (Lipinski definition) is 0. The predicted octanol–water partition coefficient (Wildman–Crippen LogP) is 3.56. The first-order valence-corrected chi connectivity index (χ1v) is 7.23. The lowest BCUT2D eigenvalue weighted by molar-refractivity contribution is -0.388. The molecule has 0 aromatic carbocycles. The van der Waals surface area contributed by atoms with Gasteiger partial charge >= 0.3 is 5.69 Å². The summed E-state index contributed by atoms with van der Waals surface area (Å²) in [6.07, 6.45) is 0.811. The number of halogens is 1. The third-order valence-electron chi connectivity index (χ3n) is 2.55. The summed E-state index contributed by atoms with van der Waals surface area (Å²) in [7, 11) is 1.74. The van der Waals surface area contributed by atoms with Crippen LogP contribution in [0.4, 0.5) is 5.69 Å². The Morgan fingerprint density at radius 2 is 2.11 bits per heavy atom. The zero-order valence-corrected chi connectivity index (χ0v) is 12.6. The van der Waals surface area contributed by atoms with Crippen LogP contribution in [0.5, 0.6) is 0 Å². The number of aryl methyl sites for hydroxylation is 1. The van der Waals surface area contributed by atoms with E-state index in [0.717, 1.165) is 6.42 Å². The van der Waals surface area contributed by atoms with E-state index in [0.29, 0.717) is 16.6 Å². The summed E-state index contributed by atoms with van der Waals surface area (Å²) >= 11 is 7.15. The van der Waals surface area contributed by atoms with Crippen LogP contribution >= 0.6 is 23.4 Å². The summed E-state index contributed by atoms with van der Waals surface area (Å²) in [6.45, 7) is 5.83. The molecule has 1 unspecified atom stereocenters. The van der Waals surface area contributed by atoms with E-state index in [1.807, 2.05) is 20.8 Å². The Morgan fingerprint density at radius 1 is 1.50 bits per heavy atom. The molecular formula is C11H18ClN3O2S. The van der Waals surface area contributed by atoms with Crippen molar-refractivity contribution in [1.29, 1.82) is 0 Å². The molecular weight excluding hydrogens is 274 g/mol. The van der Waals surface area contributed by atoms with E-state index in [1.54, 1.807) is 11.7 Å². The van der Waals surface area contributed by atoms with E-state index in [2.05, 4.69) is 5.10 Å². The molecule has 0 radical (unpaired) electrons. The zero-order chi connectivity index (χ0) is 13.9. The highest BCUT2D eigenvalue weighted by Crippen LogP contribution is 2.37. The number of hydrogen-bond acceptors (Lipinski definition) is 4. The molecule has 0 aliphatic heterocycles. The Hall–Kier alpha value is -0.750. The Bertz CT molecular complexity index is 434. The second-order valence-electron chi connectivity index (χ2n) is 4.48. The predicted molar refractivity (Wildman–Crippen MR) is 74.6 cm³/mol. The van der Waals surface area contributed by atoms with Gasteiger partial charge in [0.1, 0.15) is 5.69 Å². The minimum Gasteiger partial charge on any atom is -0.258 e. The van der Waals surface area contributed by atoms with Crippen molar-refractivity contribution in [2.75, 3.05) is 5.88 Å². The van der Waals surface area contributed by atoms with Gasteiger partial charge in [-0.05, 0) is 6.42 Å². The summed E-state index contributed by atoms with van der Waals surface area (Å²) in [4.78, 5) is 10.9. The monoisotopic (exact) mass is 291 g/mol. The normalized spacial score (nSPS) is 13.0. The van der Waals surface area contributed by atoms with Crippen LogP contribution in [-0.4, -0.2) is 25.8 Å². The highest BCUT2D eigenvalue weighted by molar-refractivity contribution is 8.00. The number of nitro groups is 1. The molecule has 1 aromatic rings. The topological polar surface area (TPSA) is 61.0 Å². The van der Waals surface area contributed by atoms with E-state index in [-0.39, 0.29) is 21.8 Å². The summed E-state index contributed by atoms with van der Waals surface area (Å²) in [6, 6.07) is 0. The molecule has 1 heterocycles. The largest absolute Gasteiger partial charge is 0.324 e. The van der Waals surface area contributed by atoms with Crippen LogP contribution in [0.1, 0.15) is 38.8 Å². The van der Waals surface area contributed by atoms with Gasteiger partial charge in [0.25, 0.3) is 0 Å². The lowest BCUT2D eigenvalue weighted by Gasteiger charge is -2.08. The standard InChI is InChI=1S/C11H18ClN3O2S/c1-7(2)9-10(15(16)17)11(14(4)13-9)18-8(3)5-6-12/h7-8H,5-6H2,1-4H3. The first-order valence-electron chi connectivity index (χ1n) is 5.82. The highest BCUT2D eigenvalue weighted by Gasteiger charge is 2.29. The van der Waals surface area contributed by atoms with Gasteiger partial charge in [-0.1, -0.05) is 32.5 Å². The van der Waals surface area contributed by atoms with Crippen molar-refractivity contribution >= 4 is 29.1 Å². The molecule has 0 fully saturated rings. The number of nitrogens with zero attached hydrogens (tertiary/aromatic N) is 3. The van der Waals surface area contributed by atoms with Gasteiger partial charge in [-0.15, -0.1) is 11.6 Å². The van der Waals surface area contributed by atoms with Crippen molar-refractivity contribution < 1.29 is 4.92 Å². The fraction of sp³-hybridized carbons (Fsp3) is 0.727. The number of rotatable bonds is 6. The molecule has 0 saturated heterocycles. The summed E-state index contributed by atoms with van der Waals surface area (Å²) in [5.41, 5.74) is 0.682. The fourth-order valence-electron chi connectivity index (χ4n) is 1.61. The lowest BCUT2D eigenvalue weighted by Crippen LogP contribution is -2.02. The SMILES string of the molecule is CC(CCCl)Sc1c([N+](=O)[O-])c(C(C)C)nn1C. The molecule has 0 N–H and O–H groups in total. The third kappa shape index (κ3) is 3.38. The van der Waals surface area contributed by atoms with Gasteiger partial charge in [-0.25, -0.2) is 0 Å². The smallest absolute Gasteiger partial charge is 0.258 e. The van der Waals surface area contributed by atoms with Gasteiger partial charge in [0.05, 0.1) is 4.92 Å². The Balaban J connectivity index is 3.13. The Morgan fingerprint density at radius 3 is 2.56 bits per heavy atom. The molecule has 7 heteroatoms. The summed E-state index contributed by atoms with van der Waals surface area (Å²) < 4.78 is 1.60. The van der Waals surface area contributed by atoms with Crippen LogP contribution in [0.15, 0.2) is 5.03 Å². The molecule has 0 aliphatic rings. The third-order valence-corrected chi connectivity index (χ3v) is 4.09. The summed E-state index contributed by atoms with van der Waals surface area (Å²) in [5.74, 6) is 0.589. The van der Waals surface area contributed by atoms with E-state index in [9.17, 15) is 10.1 Å². The second-order valence-corrected chi connectivity index (χ2v) is 6.29. The van der Waals surface area contributed by atoms with Crippen LogP contribution < -0.4 is 0 Å². The van der Waals surface area contributed by atoms with E-state index in [1.165, 1.54) is 11.8 Å². The molecule has 0 amide bonds. The number of thioether (sulfide) groups is 1. The van der Waals surface area contributed by atoms with Crippen LogP contribution in [0.2, 0.25) is 0 Å². The molecule has 1 aromatic heterocycles. The lowest BCUT2D eigenvalue weighted by atomic mass is 10.1. The maximum atomic E-state index is 11.2. The van der Waals surface area contributed by atoms with Crippen LogP contribution in [0, 0.1) is 10.1 Å². The molecule has 0 spiro atoms. The van der Waals surface area contributed by atoms with Crippen molar-refractivity contribution in [3.05, 3.63) is 15.8 Å². The maximum Gasteiger partial charge on any atom is 0.324 e.